The van der Waals surface area contributed by atoms with Gasteiger partial charge in [-0.05, 0) is 30.7 Å². The summed E-state index contributed by atoms with van der Waals surface area (Å²) < 4.78 is 43.8. The third kappa shape index (κ3) is 3.71. The number of morpholine rings is 1. The number of carbonyl (C=O) groups is 1. The molecule has 0 radical (unpaired) electrons. The summed E-state index contributed by atoms with van der Waals surface area (Å²) in [7, 11) is 0. The lowest BCUT2D eigenvalue weighted by molar-refractivity contribution is -0.138. The van der Waals surface area contributed by atoms with Crippen LogP contribution in [0.5, 0.6) is 0 Å². The molecule has 2 rings (SSSR count). The van der Waals surface area contributed by atoms with E-state index in [1.165, 1.54) is 6.07 Å². The first-order valence-corrected chi connectivity index (χ1v) is 7.08. The molecule has 2 atom stereocenters. The van der Waals surface area contributed by atoms with E-state index in [4.69, 9.17) is 22.1 Å². The average Bonchev–Trinajstić information content (AvgIpc) is 2.39. The van der Waals surface area contributed by atoms with Crippen LogP contribution in [0.2, 0.25) is 5.02 Å². The van der Waals surface area contributed by atoms with Crippen molar-refractivity contribution in [3.63, 3.8) is 0 Å². The van der Waals surface area contributed by atoms with Crippen molar-refractivity contribution in [1.82, 2.24) is 4.90 Å². The number of rotatable bonds is 3. The fourth-order valence-corrected chi connectivity index (χ4v) is 2.74. The highest BCUT2D eigenvalue weighted by Crippen LogP contribution is 2.32. The SMILES string of the molecule is C[C@H]1OCCN(Cc2cc(C(F)(F)F)ccc2Cl)[C@@H]1C(N)=O. The summed E-state index contributed by atoms with van der Waals surface area (Å²) in [5.74, 6) is -0.574. The Morgan fingerprint density at radius 2 is 2.18 bits per heavy atom. The summed E-state index contributed by atoms with van der Waals surface area (Å²) in [4.78, 5) is 13.3. The molecule has 0 unspecified atom stereocenters. The van der Waals surface area contributed by atoms with Gasteiger partial charge in [0.25, 0.3) is 0 Å². The minimum absolute atomic E-state index is 0.101. The Morgan fingerprint density at radius 1 is 1.50 bits per heavy atom. The average molecular weight is 337 g/mol. The molecule has 1 aromatic carbocycles. The second kappa shape index (κ2) is 6.44. The normalized spacial score (nSPS) is 23.5. The summed E-state index contributed by atoms with van der Waals surface area (Å²) in [5.41, 5.74) is 4.89. The van der Waals surface area contributed by atoms with Crippen molar-refractivity contribution in [3.05, 3.63) is 34.3 Å². The molecule has 0 aromatic heterocycles. The Hall–Kier alpha value is -1.31. The van der Waals surface area contributed by atoms with Gasteiger partial charge in [-0.3, -0.25) is 9.69 Å². The zero-order valence-corrected chi connectivity index (χ0v) is 12.6. The van der Waals surface area contributed by atoms with Gasteiger partial charge in [0.05, 0.1) is 18.3 Å². The van der Waals surface area contributed by atoms with Crippen LogP contribution in [0.4, 0.5) is 13.2 Å². The molecule has 1 fully saturated rings. The molecule has 1 aliphatic rings. The Labute approximate surface area is 131 Å². The lowest BCUT2D eigenvalue weighted by Gasteiger charge is -2.38. The Bertz CT molecular complexity index is 566. The van der Waals surface area contributed by atoms with Crippen LogP contribution in [0, 0.1) is 0 Å². The summed E-state index contributed by atoms with van der Waals surface area (Å²) in [6, 6.07) is 2.45. The Morgan fingerprint density at radius 3 is 2.77 bits per heavy atom. The lowest BCUT2D eigenvalue weighted by atomic mass is 10.0. The molecule has 122 valence electrons. The molecule has 1 aromatic rings. The van der Waals surface area contributed by atoms with Gasteiger partial charge in [0.1, 0.15) is 6.04 Å². The summed E-state index contributed by atoms with van der Waals surface area (Å²) >= 11 is 5.99. The third-order valence-corrected chi connectivity index (χ3v) is 4.00. The van der Waals surface area contributed by atoms with Gasteiger partial charge in [0.2, 0.25) is 5.91 Å². The zero-order valence-electron chi connectivity index (χ0n) is 11.9. The van der Waals surface area contributed by atoms with E-state index >= 15 is 0 Å². The highest BCUT2D eigenvalue weighted by atomic mass is 35.5. The van der Waals surface area contributed by atoms with Crippen molar-refractivity contribution in [2.75, 3.05) is 13.2 Å². The van der Waals surface area contributed by atoms with E-state index in [9.17, 15) is 18.0 Å². The standard InChI is InChI=1S/C14H16ClF3N2O2/c1-8-12(13(19)21)20(4-5-22-8)7-9-6-10(14(16,17)18)2-3-11(9)15/h2-3,6,8,12H,4-5,7H2,1H3,(H2,19,21)/t8-,12+/m1/s1. The molecule has 1 saturated heterocycles. The number of hydrogen-bond donors (Lipinski definition) is 1. The van der Waals surface area contributed by atoms with Crippen molar-refractivity contribution in [3.8, 4) is 0 Å². The van der Waals surface area contributed by atoms with Crippen LogP contribution in [0.1, 0.15) is 18.1 Å². The molecule has 1 aliphatic heterocycles. The molecule has 2 N–H and O–H groups in total. The van der Waals surface area contributed by atoms with Crippen molar-refractivity contribution >= 4 is 17.5 Å². The van der Waals surface area contributed by atoms with Gasteiger partial charge in [-0.15, -0.1) is 0 Å². The molecule has 0 spiro atoms. The highest BCUT2D eigenvalue weighted by molar-refractivity contribution is 6.31. The smallest absolute Gasteiger partial charge is 0.375 e. The van der Waals surface area contributed by atoms with Crippen molar-refractivity contribution < 1.29 is 22.7 Å². The number of primary amides is 1. The minimum atomic E-state index is -4.44. The minimum Gasteiger partial charge on any atom is -0.375 e. The molecular weight excluding hydrogens is 321 g/mol. The van der Waals surface area contributed by atoms with Gasteiger partial charge < -0.3 is 10.5 Å². The first kappa shape index (κ1) is 17.1. The molecule has 1 amide bonds. The number of nitrogens with zero attached hydrogens (tertiary/aromatic N) is 1. The van der Waals surface area contributed by atoms with Gasteiger partial charge in [-0.2, -0.15) is 13.2 Å². The van der Waals surface area contributed by atoms with Crippen LogP contribution in [-0.2, 0) is 22.3 Å². The van der Waals surface area contributed by atoms with E-state index in [0.717, 1.165) is 12.1 Å². The highest BCUT2D eigenvalue weighted by Gasteiger charge is 2.35. The van der Waals surface area contributed by atoms with E-state index < -0.39 is 29.8 Å². The third-order valence-electron chi connectivity index (χ3n) is 3.64. The number of nitrogens with two attached hydrogens (primary N) is 1. The number of hydrogen-bond acceptors (Lipinski definition) is 3. The summed E-state index contributed by atoms with van der Waals surface area (Å²) in [6.07, 6.45) is -4.86. The van der Waals surface area contributed by atoms with Gasteiger partial charge in [-0.1, -0.05) is 11.6 Å². The Kier molecular flexibility index (Phi) is 4.99. The maximum Gasteiger partial charge on any atom is 0.416 e. The topological polar surface area (TPSA) is 55.6 Å². The molecular formula is C14H16ClF3N2O2. The van der Waals surface area contributed by atoms with E-state index in [0.29, 0.717) is 18.7 Å². The van der Waals surface area contributed by atoms with E-state index in [1.807, 2.05) is 0 Å². The van der Waals surface area contributed by atoms with Crippen LogP contribution < -0.4 is 5.73 Å². The molecule has 0 aliphatic carbocycles. The van der Waals surface area contributed by atoms with Gasteiger partial charge in [0.15, 0.2) is 0 Å². The van der Waals surface area contributed by atoms with Crippen molar-refractivity contribution in [1.29, 1.82) is 0 Å². The fourth-order valence-electron chi connectivity index (χ4n) is 2.56. The largest absolute Gasteiger partial charge is 0.416 e. The monoisotopic (exact) mass is 336 g/mol. The van der Waals surface area contributed by atoms with Crippen molar-refractivity contribution in [2.45, 2.75) is 31.8 Å². The van der Waals surface area contributed by atoms with E-state index in [2.05, 4.69) is 0 Å². The molecule has 0 saturated carbocycles. The number of halogens is 4. The van der Waals surface area contributed by atoms with E-state index in [-0.39, 0.29) is 11.6 Å². The maximum atomic E-state index is 12.8. The summed E-state index contributed by atoms with van der Waals surface area (Å²) in [5, 5.41) is 0.218. The number of carbonyl (C=O) groups excluding carboxylic acids is 1. The fraction of sp³-hybridized carbons (Fsp3) is 0.500. The number of benzene rings is 1. The molecule has 22 heavy (non-hydrogen) atoms. The van der Waals surface area contributed by atoms with Crippen LogP contribution in [0.25, 0.3) is 0 Å². The van der Waals surface area contributed by atoms with Crippen molar-refractivity contribution in [2.24, 2.45) is 5.73 Å². The number of alkyl halides is 3. The van der Waals surface area contributed by atoms with Crippen LogP contribution >= 0.6 is 11.6 Å². The van der Waals surface area contributed by atoms with E-state index in [1.54, 1.807) is 11.8 Å². The van der Waals surface area contributed by atoms with Crippen LogP contribution in [0.3, 0.4) is 0 Å². The predicted octanol–water partition coefficient (Wildman–Crippen LogP) is 2.43. The molecule has 0 bridgehead atoms. The predicted molar refractivity (Wildman–Crippen MR) is 75.3 cm³/mol. The lowest BCUT2D eigenvalue weighted by Crippen LogP contribution is -2.56. The molecule has 1 heterocycles. The second-order valence-corrected chi connectivity index (χ2v) is 5.60. The maximum absolute atomic E-state index is 12.8. The molecule has 8 heteroatoms. The zero-order chi connectivity index (χ0) is 16.5. The summed E-state index contributed by atoms with van der Waals surface area (Å²) in [6.45, 7) is 2.57. The number of ether oxygens (including phenoxy) is 1. The quantitative estimate of drug-likeness (QED) is 0.922. The van der Waals surface area contributed by atoms with Gasteiger partial charge in [-0.25, -0.2) is 0 Å². The second-order valence-electron chi connectivity index (χ2n) is 5.20. The van der Waals surface area contributed by atoms with Gasteiger partial charge in [0, 0.05) is 18.1 Å². The Balaban J connectivity index is 2.27. The first-order valence-electron chi connectivity index (χ1n) is 6.70. The van der Waals surface area contributed by atoms with Crippen LogP contribution in [0.15, 0.2) is 18.2 Å². The van der Waals surface area contributed by atoms with Gasteiger partial charge >= 0.3 is 6.18 Å². The number of amides is 1. The van der Waals surface area contributed by atoms with Crippen LogP contribution in [-0.4, -0.2) is 36.1 Å². The molecule has 4 nitrogen and oxygen atoms in total. The first-order chi connectivity index (χ1) is 10.2.